The van der Waals surface area contributed by atoms with Crippen LogP contribution in [0.2, 0.25) is 0 Å². The molecular weight excluding hydrogens is 526 g/mol. The molecule has 3 aromatic carbocycles. The molecule has 2 saturated heterocycles. The van der Waals surface area contributed by atoms with Crippen molar-refractivity contribution in [3.63, 3.8) is 0 Å². The number of ether oxygens (including phenoxy) is 1. The highest BCUT2D eigenvalue weighted by atomic mass is 16.6. The maximum atomic E-state index is 14.2. The minimum Gasteiger partial charge on any atom is -0.496 e. The summed E-state index contributed by atoms with van der Waals surface area (Å²) in [6, 6.07) is 15.7. The number of carbonyl (C=O) groups excluding carboxylic acids is 2. The molecule has 2 amide bonds. The average molecular weight is 558 g/mol. The molecule has 3 aromatic rings. The lowest BCUT2D eigenvalue weighted by Gasteiger charge is -2.35. The molecule has 1 aliphatic carbocycles. The van der Waals surface area contributed by atoms with Crippen LogP contribution in [0.25, 0.3) is 10.8 Å². The number of rotatable bonds is 7. The minimum atomic E-state index is -1.68. The Balaban J connectivity index is 1.52. The van der Waals surface area contributed by atoms with Crippen molar-refractivity contribution in [2.45, 2.75) is 50.1 Å². The molecule has 4 unspecified atom stereocenters. The number of benzene rings is 3. The van der Waals surface area contributed by atoms with Crippen molar-refractivity contribution in [3.8, 4) is 5.75 Å². The van der Waals surface area contributed by atoms with Crippen molar-refractivity contribution in [2.24, 2.45) is 17.8 Å². The predicted molar refractivity (Wildman–Crippen MR) is 151 cm³/mol. The fraction of sp³-hybridized carbons (Fsp3) is 0.387. The summed E-state index contributed by atoms with van der Waals surface area (Å²) in [7, 11) is 1.57. The van der Waals surface area contributed by atoms with Gasteiger partial charge >= 0.3 is 5.97 Å². The number of methoxy groups -OCH3 is 1. The van der Waals surface area contributed by atoms with Crippen molar-refractivity contribution in [1.82, 2.24) is 5.32 Å². The highest BCUT2D eigenvalue weighted by Gasteiger charge is 2.69. The third kappa shape index (κ3) is 4.24. The number of amides is 2. The Labute approximate surface area is 236 Å². The topological polar surface area (TPSA) is 139 Å². The molecule has 10 heteroatoms. The summed E-state index contributed by atoms with van der Waals surface area (Å²) in [5.41, 5.74) is -1.17. The Kier molecular flexibility index (Phi) is 6.73. The number of hydrogen-bond donors (Lipinski definition) is 2. The molecule has 2 heterocycles. The molecule has 2 N–H and O–H groups in total. The van der Waals surface area contributed by atoms with Crippen LogP contribution in [0.3, 0.4) is 0 Å². The highest BCUT2D eigenvalue weighted by Crippen LogP contribution is 2.54. The molecular formula is C31H31N3O7. The van der Waals surface area contributed by atoms with Gasteiger partial charge in [-0.1, -0.05) is 68.5 Å². The first-order chi connectivity index (χ1) is 19.8. The summed E-state index contributed by atoms with van der Waals surface area (Å²) < 4.78 is 5.56. The zero-order valence-electron chi connectivity index (χ0n) is 22.6. The Hall–Kier alpha value is -4.31. The van der Waals surface area contributed by atoms with E-state index < -0.39 is 46.1 Å². The summed E-state index contributed by atoms with van der Waals surface area (Å²) in [5, 5.41) is 27.2. The van der Waals surface area contributed by atoms with Crippen molar-refractivity contribution in [2.75, 3.05) is 12.0 Å². The molecule has 212 valence electrons. The number of nitrogens with zero attached hydrogens (tertiary/aromatic N) is 2. The molecule has 1 saturated carbocycles. The number of fused-ring (bicyclic) bond motifs is 2. The van der Waals surface area contributed by atoms with Gasteiger partial charge in [-0.2, -0.15) is 0 Å². The largest absolute Gasteiger partial charge is 0.496 e. The van der Waals surface area contributed by atoms with E-state index in [1.165, 1.54) is 24.3 Å². The van der Waals surface area contributed by atoms with Crippen molar-refractivity contribution >= 4 is 39.9 Å². The van der Waals surface area contributed by atoms with Gasteiger partial charge in [0.1, 0.15) is 11.3 Å². The highest BCUT2D eigenvalue weighted by molar-refractivity contribution is 6.24. The fourth-order valence-corrected chi connectivity index (χ4v) is 7.33. The second-order valence-corrected chi connectivity index (χ2v) is 11.3. The molecule has 0 aromatic heterocycles. The van der Waals surface area contributed by atoms with Crippen LogP contribution in [0.1, 0.15) is 50.1 Å². The second-order valence-electron chi connectivity index (χ2n) is 11.3. The lowest BCUT2D eigenvalue weighted by Crippen LogP contribution is -2.57. The molecule has 41 heavy (non-hydrogen) atoms. The van der Waals surface area contributed by atoms with E-state index >= 15 is 0 Å². The first-order valence-electron chi connectivity index (χ1n) is 14.0. The van der Waals surface area contributed by atoms with E-state index in [0.717, 1.165) is 47.8 Å². The molecule has 3 aliphatic rings. The van der Waals surface area contributed by atoms with Crippen molar-refractivity contribution < 1.29 is 29.2 Å². The number of nitro benzene ring substituents is 1. The van der Waals surface area contributed by atoms with E-state index in [2.05, 4.69) is 5.32 Å². The van der Waals surface area contributed by atoms with E-state index in [4.69, 9.17) is 4.74 Å². The van der Waals surface area contributed by atoms with Gasteiger partial charge in [-0.05, 0) is 35.4 Å². The van der Waals surface area contributed by atoms with Crippen LogP contribution in [0.15, 0.2) is 60.7 Å². The lowest BCUT2D eigenvalue weighted by molar-refractivity contribution is -0.384. The zero-order valence-corrected chi connectivity index (χ0v) is 22.6. The van der Waals surface area contributed by atoms with Gasteiger partial charge in [0.2, 0.25) is 11.8 Å². The zero-order chi connectivity index (χ0) is 28.9. The Morgan fingerprint density at radius 2 is 1.78 bits per heavy atom. The van der Waals surface area contributed by atoms with E-state index in [9.17, 15) is 29.6 Å². The van der Waals surface area contributed by atoms with Crippen LogP contribution in [-0.4, -0.2) is 40.5 Å². The molecule has 10 nitrogen and oxygen atoms in total. The van der Waals surface area contributed by atoms with Gasteiger partial charge in [-0.3, -0.25) is 29.8 Å². The van der Waals surface area contributed by atoms with E-state index in [0.29, 0.717) is 11.3 Å². The average Bonchev–Trinajstić information content (AvgIpc) is 3.46. The second kappa shape index (κ2) is 10.3. The molecule has 4 atom stereocenters. The maximum absolute atomic E-state index is 14.2. The summed E-state index contributed by atoms with van der Waals surface area (Å²) in [6.07, 6.45) is 5.02. The van der Waals surface area contributed by atoms with Crippen LogP contribution < -0.4 is 15.0 Å². The van der Waals surface area contributed by atoms with Gasteiger partial charge in [0.15, 0.2) is 0 Å². The SMILES string of the molecule is COc1ccc(C2NC(CC3CCCCC3)(C(=O)O)C3C(=O)N(c4cccc([N+](=O)[O-])c4)C(=O)C23)c2ccccc12. The van der Waals surface area contributed by atoms with Crippen LogP contribution >= 0.6 is 0 Å². The fourth-order valence-electron chi connectivity index (χ4n) is 7.33. The number of carboxylic acid groups (broad SMARTS) is 1. The summed E-state index contributed by atoms with van der Waals surface area (Å²) in [5.74, 6) is -3.85. The number of nitro groups is 1. The Morgan fingerprint density at radius 3 is 2.46 bits per heavy atom. The van der Waals surface area contributed by atoms with E-state index in [-0.39, 0.29) is 23.7 Å². The number of aliphatic carboxylic acids is 1. The quantitative estimate of drug-likeness (QED) is 0.235. The van der Waals surface area contributed by atoms with Gasteiger partial charge in [0.05, 0.1) is 29.6 Å². The van der Waals surface area contributed by atoms with E-state index in [1.807, 2.05) is 30.3 Å². The number of nitrogens with one attached hydrogen (secondary N) is 1. The molecule has 3 fully saturated rings. The van der Waals surface area contributed by atoms with Gasteiger partial charge in [-0.15, -0.1) is 0 Å². The number of hydrogen-bond acceptors (Lipinski definition) is 7. The minimum absolute atomic E-state index is 0.0684. The van der Waals surface area contributed by atoms with Crippen LogP contribution in [0.5, 0.6) is 5.75 Å². The first kappa shape index (κ1) is 26.9. The molecule has 6 rings (SSSR count). The van der Waals surface area contributed by atoms with Crippen LogP contribution in [0.4, 0.5) is 11.4 Å². The third-order valence-electron chi connectivity index (χ3n) is 9.14. The molecule has 2 aliphatic heterocycles. The molecule has 0 spiro atoms. The van der Waals surface area contributed by atoms with Crippen molar-refractivity contribution in [3.05, 3.63) is 76.3 Å². The summed E-state index contributed by atoms with van der Waals surface area (Å²) in [6.45, 7) is 0. The number of non-ortho nitro benzene ring substituents is 1. The van der Waals surface area contributed by atoms with Crippen LogP contribution in [-0.2, 0) is 14.4 Å². The van der Waals surface area contributed by atoms with Crippen molar-refractivity contribution in [1.29, 1.82) is 0 Å². The maximum Gasteiger partial charge on any atom is 0.324 e. The summed E-state index contributed by atoms with van der Waals surface area (Å²) in [4.78, 5) is 53.5. The molecule has 0 bridgehead atoms. The van der Waals surface area contributed by atoms with E-state index in [1.54, 1.807) is 13.2 Å². The first-order valence-corrected chi connectivity index (χ1v) is 14.0. The third-order valence-corrected chi connectivity index (χ3v) is 9.14. The predicted octanol–water partition coefficient (Wildman–Crippen LogP) is 5.00. The monoisotopic (exact) mass is 557 g/mol. The Bertz CT molecular complexity index is 1570. The lowest BCUT2D eigenvalue weighted by atomic mass is 9.72. The smallest absolute Gasteiger partial charge is 0.324 e. The number of carbonyl (C=O) groups is 3. The number of anilines is 1. The van der Waals surface area contributed by atoms with Gasteiger partial charge in [0.25, 0.3) is 5.69 Å². The van der Waals surface area contributed by atoms with Gasteiger partial charge in [0, 0.05) is 23.6 Å². The number of carboxylic acids is 1. The standard InChI is InChI=1S/C31H31N3O7/c1-41-24-15-14-23(21-12-5-6-13-22(21)24)27-25-26(31(32-27,30(37)38)17-18-8-3-2-4-9-18)29(36)33(28(25)35)19-10-7-11-20(16-19)34(39)40/h5-7,10-16,18,25-27,32H,2-4,8-9,17H2,1H3,(H,37,38). The summed E-state index contributed by atoms with van der Waals surface area (Å²) >= 11 is 0. The molecule has 0 radical (unpaired) electrons. The van der Waals surface area contributed by atoms with Crippen LogP contribution in [0, 0.1) is 27.9 Å². The van der Waals surface area contributed by atoms with Gasteiger partial charge < -0.3 is 9.84 Å². The van der Waals surface area contributed by atoms with Gasteiger partial charge in [-0.25, -0.2) is 4.90 Å². The number of imide groups is 1. The normalized spacial score (nSPS) is 26.4. The Morgan fingerprint density at radius 1 is 1.05 bits per heavy atom.